The Morgan fingerprint density at radius 1 is 1.21 bits per heavy atom. The molecule has 2 aromatic carbocycles. The predicted octanol–water partition coefficient (Wildman–Crippen LogP) is 3.98. The molecule has 1 amide bonds. The lowest BCUT2D eigenvalue weighted by molar-refractivity contribution is -0.113. The highest BCUT2D eigenvalue weighted by molar-refractivity contribution is 8.00. The Balaban J connectivity index is 1.55. The van der Waals surface area contributed by atoms with Crippen LogP contribution in [0.5, 0.6) is 0 Å². The van der Waals surface area contributed by atoms with Crippen LogP contribution in [0, 0.1) is 6.92 Å². The molecule has 1 aliphatic rings. The highest BCUT2D eigenvalue weighted by Crippen LogP contribution is 2.29. The van der Waals surface area contributed by atoms with E-state index in [1.54, 1.807) is 16.3 Å². The van der Waals surface area contributed by atoms with E-state index in [0.29, 0.717) is 11.7 Å². The van der Waals surface area contributed by atoms with Gasteiger partial charge < -0.3 is 5.32 Å². The van der Waals surface area contributed by atoms with Crippen molar-refractivity contribution in [2.75, 3.05) is 16.8 Å². The van der Waals surface area contributed by atoms with Crippen molar-refractivity contribution in [3.8, 4) is 0 Å². The molecule has 2 heterocycles. The van der Waals surface area contributed by atoms with Gasteiger partial charge >= 0.3 is 0 Å². The van der Waals surface area contributed by atoms with Crippen LogP contribution in [-0.4, -0.2) is 27.0 Å². The molecule has 1 aliphatic heterocycles. The van der Waals surface area contributed by atoms with E-state index in [-0.39, 0.29) is 17.2 Å². The number of carbonyl (C=O) groups is 1. The Hall–Kier alpha value is -2.51. The van der Waals surface area contributed by atoms with Crippen LogP contribution in [0.3, 0.4) is 0 Å². The van der Waals surface area contributed by atoms with E-state index in [4.69, 9.17) is 4.98 Å². The van der Waals surface area contributed by atoms with Gasteiger partial charge in [-0.05, 0) is 30.2 Å². The molecule has 29 heavy (non-hydrogen) atoms. The minimum atomic E-state index is -0.115. The van der Waals surface area contributed by atoms with Crippen LogP contribution in [-0.2, 0) is 17.8 Å². The van der Waals surface area contributed by atoms with Crippen molar-refractivity contribution in [3.63, 3.8) is 0 Å². The van der Waals surface area contributed by atoms with Gasteiger partial charge in [-0.3, -0.25) is 14.2 Å². The maximum Gasteiger partial charge on any atom is 0.268 e. The highest BCUT2D eigenvalue weighted by atomic mass is 32.2. The molecule has 5 nitrogen and oxygen atoms in total. The molecule has 0 spiro atoms. The van der Waals surface area contributed by atoms with E-state index in [9.17, 15) is 9.59 Å². The molecule has 0 atom stereocenters. The topological polar surface area (TPSA) is 64.0 Å². The molecule has 1 aromatic heterocycles. The normalized spacial score (nSPS) is 12.6. The standard InChI is InChI=1S/C22H21N3O2S2/c1-15-6-5-9-17(12-15)23-19(26)14-29-22-24-18-10-11-28-20(18)21(27)25(22)13-16-7-3-2-4-8-16/h2-9,12H,10-11,13-14H2,1H3,(H,23,26). The molecule has 0 saturated carbocycles. The smallest absolute Gasteiger partial charge is 0.268 e. The highest BCUT2D eigenvalue weighted by Gasteiger charge is 2.22. The fraction of sp³-hybridized carbons (Fsp3) is 0.227. The van der Waals surface area contributed by atoms with E-state index in [1.165, 1.54) is 11.8 Å². The number of hydrogen-bond donors (Lipinski definition) is 1. The number of aryl methyl sites for hydroxylation is 2. The minimum absolute atomic E-state index is 0.0112. The zero-order chi connectivity index (χ0) is 20.2. The van der Waals surface area contributed by atoms with Crippen molar-refractivity contribution >= 4 is 35.1 Å². The number of thioether (sulfide) groups is 2. The Bertz CT molecular complexity index is 1100. The second-order valence-corrected chi connectivity index (χ2v) is 8.90. The molecule has 1 N–H and O–H groups in total. The molecule has 0 radical (unpaired) electrons. The number of aromatic nitrogens is 2. The Morgan fingerprint density at radius 3 is 2.83 bits per heavy atom. The maximum atomic E-state index is 13.0. The molecule has 0 unspecified atom stereocenters. The molecule has 148 valence electrons. The van der Waals surface area contributed by atoms with Gasteiger partial charge in [0.25, 0.3) is 5.56 Å². The third kappa shape index (κ3) is 4.74. The van der Waals surface area contributed by atoms with Crippen molar-refractivity contribution in [1.82, 2.24) is 9.55 Å². The first-order valence-corrected chi connectivity index (χ1v) is 11.4. The van der Waals surface area contributed by atoms with Crippen molar-refractivity contribution in [2.24, 2.45) is 0 Å². The fourth-order valence-electron chi connectivity index (χ4n) is 3.19. The Morgan fingerprint density at radius 2 is 2.03 bits per heavy atom. The monoisotopic (exact) mass is 423 g/mol. The first-order chi connectivity index (χ1) is 14.1. The predicted molar refractivity (Wildman–Crippen MR) is 119 cm³/mol. The second kappa shape index (κ2) is 8.88. The summed E-state index contributed by atoms with van der Waals surface area (Å²) in [6.07, 6.45) is 0.796. The quantitative estimate of drug-likeness (QED) is 0.480. The summed E-state index contributed by atoms with van der Waals surface area (Å²) in [4.78, 5) is 31.0. The number of anilines is 1. The summed E-state index contributed by atoms with van der Waals surface area (Å²) in [7, 11) is 0. The lowest BCUT2D eigenvalue weighted by Gasteiger charge is -2.14. The number of rotatable bonds is 6. The molecule has 0 bridgehead atoms. The van der Waals surface area contributed by atoms with Gasteiger partial charge in [-0.2, -0.15) is 0 Å². The van der Waals surface area contributed by atoms with E-state index in [0.717, 1.165) is 39.6 Å². The van der Waals surface area contributed by atoms with Gasteiger partial charge in [0.1, 0.15) is 0 Å². The van der Waals surface area contributed by atoms with E-state index >= 15 is 0 Å². The van der Waals surface area contributed by atoms with Crippen molar-refractivity contribution in [2.45, 2.75) is 29.9 Å². The zero-order valence-electron chi connectivity index (χ0n) is 16.1. The summed E-state index contributed by atoms with van der Waals surface area (Å²) in [5.41, 5.74) is 3.74. The lowest BCUT2D eigenvalue weighted by Crippen LogP contribution is -2.26. The Labute approximate surface area is 177 Å². The molecule has 0 aliphatic carbocycles. The first-order valence-electron chi connectivity index (χ1n) is 9.40. The van der Waals surface area contributed by atoms with Gasteiger partial charge in [-0.25, -0.2) is 4.98 Å². The third-order valence-corrected chi connectivity index (χ3v) is 6.65. The molecule has 0 fully saturated rings. The number of benzene rings is 2. The molecular formula is C22H21N3O2S2. The number of amides is 1. The number of nitrogens with zero attached hydrogens (tertiary/aromatic N) is 2. The summed E-state index contributed by atoms with van der Waals surface area (Å²) >= 11 is 2.88. The minimum Gasteiger partial charge on any atom is -0.325 e. The molecule has 0 saturated heterocycles. The van der Waals surface area contributed by atoms with Crippen molar-refractivity contribution in [1.29, 1.82) is 0 Å². The van der Waals surface area contributed by atoms with Crippen LogP contribution in [0.4, 0.5) is 5.69 Å². The second-order valence-electron chi connectivity index (χ2n) is 6.85. The summed E-state index contributed by atoms with van der Waals surface area (Å²) in [6.45, 7) is 2.43. The van der Waals surface area contributed by atoms with E-state index in [1.807, 2.05) is 61.5 Å². The van der Waals surface area contributed by atoms with Crippen molar-refractivity contribution in [3.05, 3.63) is 81.8 Å². The molecule has 4 rings (SSSR count). The molecule has 3 aromatic rings. The van der Waals surface area contributed by atoms with Gasteiger partial charge in [0.15, 0.2) is 5.16 Å². The van der Waals surface area contributed by atoms with Crippen LogP contribution in [0.15, 0.2) is 69.4 Å². The average Bonchev–Trinajstić information content (AvgIpc) is 3.18. The Kier molecular flexibility index (Phi) is 6.06. The van der Waals surface area contributed by atoms with E-state index in [2.05, 4.69) is 5.32 Å². The van der Waals surface area contributed by atoms with Crippen molar-refractivity contribution < 1.29 is 4.79 Å². The number of carbonyl (C=O) groups excluding carboxylic acids is 1. The van der Waals surface area contributed by atoms with Gasteiger partial charge in [0.05, 0.1) is 22.9 Å². The SMILES string of the molecule is Cc1cccc(NC(=O)CSc2nc3c(c(=O)n2Cc2ccccc2)SCC3)c1. The van der Waals surface area contributed by atoms with Gasteiger partial charge in [0.2, 0.25) is 5.91 Å². The summed E-state index contributed by atoms with van der Waals surface area (Å²) in [6, 6.07) is 17.5. The van der Waals surface area contributed by atoms with Gasteiger partial charge in [-0.15, -0.1) is 11.8 Å². The number of nitrogens with one attached hydrogen (secondary N) is 1. The fourth-order valence-corrected chi connectivity index (χ4v) is 5.05. The summed E-state index contributed by atoms with van der Waals surface area (Å²) < 4.78 is 1.69. The third-order valence-electron chi connectivity index (χ3n) is 4.57. The summed E-state index contributed by atoms with van der Waals surface area (Å²) in [5, 5.41) is 3.51. The number of hydrogen-bond acceptors (Lipinski definition) is 5. The average molecular weight is 424 g/mol. The number of fused-ring (bicyclic) bond motifs is 1. The van der Waals surface area contributed by atoms with E-state index < -0.39 is 0 Å². The largest absolute Gasteiger partial charge is 0.325 e. The lowest BCUT2D eigenvalue weighted by atomic mass is 10.2. The molecular weight excluding hydrogens is 402 g/mol. The first kappa shape index (κ1) is 19.8. The molecule has 7 heteroatoms. The van der Waals surface area contributed by atoms with Crippen LogP contribution >= 0.6 is 23.5 Å². The maximum absolute atomic E-state index is 13.0. The van der Waals surface area contributed by atoms with Crippen LogP contribution in [0.25, 0.3) is 0 Å². The van der Waals surface area contributed by atoms with Crippen LogP contribution < -0.4 is 10.9 Å². The van der Waals surface area contributed by atoms with Crippen LogP contribution in [0.2, 0.25) is 0 Å². The van der Waals surface area contributed by atoms with Gasteiger partial charge in [-0.1, -0.05) is 54.2 Å². The van der Waals surface area contributed by atoms with Gasteiger partial charge in [0, 0.05) is 17.9 Å². The van der Waals surface area contributed by atoms with Crippen LogP contribution in [0.1, 0.15) is 16.8 Å². The summed E-state index contributed by atoms with van der Waals surface area (Å²) in [5.74, 6) is 0.961. The zero-order valence-corrected chi connectivity index (χ0v) is 17.7.